The maximum absolute atomic E-state index is 12.6. The monoisotopic (exact) mass is 370 g/mol. The molecule has 0 N–H and O–H groups in total. The maximum Gasteiger partial charge on any atom is 0.416 e. The van der Waals surface area contributed by atoms with E-state index in [1.54, 1.807) is 10.4 Å². The first-order chi connectivity index (χ1) is 11.9. The highest BCUT2D eigenvalue weighted by atomic mass is 32.1. The third-order valence-corrected chi connectivity index (χ3v) is 4.74. The molecule has 1 aliphatic heterocycles. The summed E-state index contributed by atoms with van der Waals surface area (Å²) in [5.41, 5.74) is 2.58. The summed E-state index contributed by atoms with van der Waals surface area (Å²) in [5, 5.41) is 1.91. The molecular weight excluding hydrogens is 353 g/mol. The van der Waals surface area contributed by atoms with Crippen molar-refractivity contribution in [3.05, 3.63) is 52.0 Å². The molecule has 1 aromatic heterocycles. The highest BCUT2D eigenvalue weighted by Crippen LogP contribution is 2.31. The van der Waals surface area contributed by atoms with E-state index in [9.17, 15) is 18.0 Å². The van der Waals surface area contributed by atoms with Crippen molar-refractivity contribution in [1.29, 1.82) is 0 Å². The Morgan fingerprint density at radius 2 is 2.08 bits per heavy atom. The summed E-state index contributed by atoms with van der Waals surface area (Å²) in [7, 11) is 0. The molecule has 25 heavy (non-hydrogen) atoms. The Kier molecular flexibility index (Phi) is 5.39. The van der Waals surface area contributed by atoms with Crippen molar-refractivity contribution < 1.29 is 22.7 Å². The quantitative estimate of drug-likeness (QED) is 0.824. The fourth-order valence-corrected chi connectivity index (χ4v) is 3.31. The van der Waals surface area contributed by atoms with Crippen LogP contribution in [0.1, 0.15) is 29.3 Å². The first-order valence-electron chi connectivity index (χ1n) is 7.87. The van der Waals surface area contributed by atoms with E-state index in [1.807, 2.05) is 5.38 Å². The number of benzene rings is 1. The summed E-state index contributed by atoms with van der Waals surface area (Å²) in [6.45, 7) is 1.21. The van der Waals surface area contributed by atoms with Crippen LogP contribution in [0.4, 0.5) is 13.2 Å². The summed E-state index contributed by atoms with van der Waals surface area (Å²) in [4.78, 5) is 18.2. The number of carbonyl (C=O) groups is 1. The van der Waals surface area contributed by atoms with E-state index >= 15 is 0 Å². The zero-order valence-electron chi connectivity index (χ0n) is 13.3. The van der Waals surface area contributed by atoms with Crippen molar-refractivity contribution in [1.82, 2.24) is 9.88 Å². The fourth-order valence-electron chi connectivity index (χ4n) is 2.72. The molecule has 1 fully saturated rings. The first kappa shape index (κ1) is 17.9. The Bertz CT molecular complexity index is 702. The Balaban J connectivity index is 1.59. The van der Waals surface area contributed by atoms with Crippen LogP contribution in [0.2, 0.25) is 0 Å². The Hall–Kier alpha value is -1.93. The summed E-state index contributed by atoms with van der Waals surface area (Å²) < 4.78 is 43.6. The molecular formula is C17H17F3N2O2S. The SMILES string of the molecule is O=C(CCc1cscn1)N1CCOC(c2ccc(C(F)(F)F)cc2)C1. The van der Waals surface area contributed by atoms with Crippen molar-refractivity contribution in [2.45, 2.75) is 25.1 Å². The zero-order valence-corrected chi connectivity index (χ0v) is 14.1. The number of halogens is 3. The molecule has 1 unspecified atom stereocenters. The molecule has 2 heterocycles. The third-order valence-electron chi connectivity index (χ3n) is 4.11. The van der Waals surface area contributed by atoms with Crippen LogP contribution in [0.15, 0.2) is 35.2 Å². The van der Waals surface area contributed by atoms with E-state index in [0.717, 1.165) is 17.8 Å². The van der Waals surface area contributed by atoms with E-state index in [-0.39, 0.29) is 5.91 Å². The fraction of sp³-hybridized carbons (Fsp3) is 0.412. The normalized spacial score (nSPS) is 18.4. The van der Waals surface area contributed by atoms with Gasteiger partial charge in [0, 0.05) is 18.3 Å². The van der Waals surface area contributed by atoms with Gasteiger partial charge in [-0.2, -0.15) is 13.2 Å². The second-order valence-electron chi connectivity index (χ2n) is 5.80. The van der Waals surface area contributed by atoms with Gasteiger partial charge in [0.15, 0.2) is 0 Å². The molecule has 0 radical (unpaired) electrons. The summed E-state index contributed by atoms with van der Waals surface area (Å²) >= 11 is 1.49. The van der Waals surface area contributed by atoms with Crippen LogP contribution in [0, 0.1) is 0 Å². The van der Waals surface area contributed by atoms with Gasteiger partial charge >= 0.3 is 6.18 Å². The number of hydrogen-bond donors (Lipinski definition) is 0. The number of alkyl halides is 3. The number of thiazole rings is 1. The Morgan fingerprint density at radius 1 is 1.32 bits per heavy atom. The van der Waals surface area contributed by atoms with Crippen LogP contribution in [-0.4, -0.2) is 35.5 Å². The highest BCUT2D eigenvalue weighted by Gasteiger charge is 2.31. The van der Waals surface area contributed by atoms with Gasteiger partial charge in [-0.3, -0.25) is 4.79 Å². The first-order valence-corrected chi connectivity index (χ1v) is 8.81. The van der Waals surface area contributed by atoms with Crippen LogP contribution >= 0.6 is 11.3 Å². The van der Waals surface area contributed by atoms with Crippen molar-refractivity contribution in [3.8, 4) is 0 Å². The third kappa shape index (κ3) is 4.58. The molecule has 4 nitrogen and oxygen atoms in total. The summed E-state index contributed by atoms with van der Waals surface area (Å²) in [6, 6.07) is 4.91. The molecule has 1 amide bonds. The zero-order chi connectivity index (χ0) is 17.9. The van der Waals surface area contributed by atoms with Crippen LogP contribution < -0.4 is 0 Å². The molecule has 2 aromatic rings. The number of hydrogen-bond acceptors (Lipinski definition) is 4. The number of aromatic nitrogens is 1. The van der Waals surface area contributed by atoms with Crippen LogP contribution in [0.3, 0.4) is 0 Å². The van der Waals surface area contributed by atoms with Crippen molar-refractivity contribution in [2.75, 3.05) is 19.7 Å². The Morgan fingerprint density at radius 3 is 2.72 bits per heavy atom. The van der Waals surface area contributed by atoms with Gasteiger partial charge in [-0.15, -0.1) is 11.3 Å². The molecule has 0 spiro atoms. The molecule has 0 aliphatic carbocycles. The molecule has 3 rings (SSSR count). The number of carbonyl (C=O) groups excluding carboxylic acids is 1. The number of aryl methyl sites for hydroxylation is 1. The van der Waals surface area contributed by atoms with E-state index in [0.29, 0.717) is 38.1 Å². The number of ether oxygens (including phenoxy) is 1. The van der Waals surface area contributed by atoms with Gasteiger partial charge in [-0.05, 0) is 24.1 Å². The lowest BCUT2D eigenvalue weighted by atomic mass is 10.0. The van der Waals surface area contributed by atoms with Gasteiger partial charge in [0.05, 0.1) is 29.9 Å². The van der Waals surface area contributed by atoms with Crippen LogP contribution in [0.5, 0.6) is 0 Å². The molecule has 1 aromatic carbocycles. The van der Waals surface area contributed by atoms with Gasteiger partial charge in [0.2, 0.25) is 5.91 Å². The predicted molar refractivity (Wildman–Crippen MR) is 87.2 cm³/mol. The van der Waals surface area contributed by atoms with Crippen molar-refractivity contribution in [2.24, 2.45) is 0 Å². The van der Waals surface area contributed by atoms with Crippen LogP contribution in [-0.2, 0) is 22.1 Å². The largest absolute Gasteiger partial charge is 0.416 e. The highest BCUT2D eigenvalue weighted by molar-refractivity contribution is 7.07. The second-order valence-corrected chi connectivity index (χ2v) is 6.52. The van der Waals surface area contributed by atoms with E-state index in [2.05, 4.69) is 4.98 Å². The number of rotatable bonds is 4. The number of nitrogens with zero attached hydrogens (tertiary/aromatic N) is 2. The van der Waals surface area contributed by atoms with Crippen LogP contribution in [0.25, 0.3) is 0 Å². The standard InChI is InChI=1S/C17H17F3N2O2S/c18-17(19,20)13-3-1-12(2-4-13)15-9-22(7-8-24-15)16(23)6-5-14-10-25-11-21-14/h1-4,10-11,15H,5-9H2. The van der Waals surface area contributed by atoms with Crippen molar-refractivity contribution >= 4 is 17.2 Å². The molecule has 134 valence electrons. The smallest absolute Gasteiger partial charge is 0.370 e. The lowest BCUT2D eigenvalue weighted by Crippen LogP contribution is -2.42. The van der Waals surface area contributed by atoms with E-state index < -0.39 is 17.8 Å². The summed E-state index contributed by atoms with van der Waals surface area (Å²) in [6.07, 6.45) is -3.81. The maximum atomic E-state index is 12.6. The van der Waals surface area contributed by atoms with E-state index in [4.69, 9.17) is 4.74 Å². The topological polar surface area (TPSA) is 42.4 Å². The van der Waals surface area contributed by atoms with Gasteiger partial charge < -0.3 is 9.64 Å². The number of amides is 1. The molecule has 8 heteroatoms. The lowest BCUT2D eigenvalue weighted by Gasteiger charge is -2.33. The minimum absolute atomic E-state index is 0.00760. The molecule has 0 bridgehead atoms. The number of morpholine rings is 1. The van der Waals surface area contributed by atoms with Crippen molar-refractivity contribution in [3.63, 3.8) is 0 Å². The van der Waals surface area contributed by atoms with E-state index in [1.165, 1.54) is 23.5 Å². The van der Waals surface area contributed by atoms with Gasteiger partial charge in [-0.1, -0.05) is 12.1 Å². The Labute approximate surface area is 147 Å². The minimum atomic E-state index is -4.36. The average molecular weight is 370 g/mol. The predicted octanol–water partition coefficient (Wildman–Crippen LogP) is 3.69. The lowest BCUT2D eigenvalue weighted by molar-refractivity contribution is -0.139. The molecule has 1 atom stereocenters. The minimum Gasteiger partial charge on any atom is -0.370 e. The summed E-state index contributed by atoms with van der Waals surface area (Å²) in [5.74, 6) is 0.00760. The second kappa shape index (κ2) is 7.53. The average Bonchev–Trinajstić information content (AvgIpc) is 3.13. The molecule has 0 saturated carbocycles. The van der Waals surface area contributed by atoms with Gasteiger partial charge in [0.25, 0.3) is 0 Å². The van der Waals surface area contributed by atoms with Gasteiger partial charge in [-0.25, -0.2) is 4.98 Å². The molecule has 1 saturated heterocycles. The molecule has 1 aliphatic rings. The van der Waals surface area contributed by atoms with Gasteiger partial charge in [0.1, 0.15) is 6.10 Å².